The molecule has 5 rings (SSSR count). The summed E-state index contributed by atoms with van der Waals surface area (Å²) in [6.07, 6.45) is 0. The topological polar surface area (TPSA) is 79.6 Å². The van der Waals surface area contributed by atoms with Crippen molar-refractivity contribution in [2.45, 2.75) is 6.92 Å². The number of fused-ring (bicyclic) bond motifs is 5. The molecule has 0 spiro atoms. The van der Waals surface area contributed by atoms with Crippen LogP contribution in [-0.4, -0.2) is 19.7 Å². The van der Waals surface area contributed by atoms with Crippen molar-refractivity contribution in [1.29, 1.82) is 0 Å². The van der Waals surface area contributed by atoms with Crippen LogP contribution in [0.4, 0.5) is 0 Å². The lowest BCUT2D eigenvalue weighted by Gasteiger charge is -2.06. The summed E-state index contributed by atoms with van der Waals surface area (Å²) in [4.78, 5) is 16.5. The van der Waals surface area contributed by atoms with Gasteiger partial charge in [-0.2, -0.15) is 0 Å². The highest BCUT2D eigenvalue weighted by atomic mass is 32.1. The SMILES string of the molecule is Cc1ccc2[nH]c3c(c2c1)c1ccccc1c(=O)n3-c1n[nH]c(=S)o1. The van der Waals surface area contributed by atoms with E-state index in [0.717, 1.165) is 27.2 Å². The van der Waals surface area contributed by atoms with Gasteiger partial charge in [0.1, 0.15) is 5.65 Å². The summed E-state index contributed by atoms with van der Waals surface area (Å²) in [5, 5.41) is 10.1. The van der Waals surface area contributed by atoms with Gasteiger partial charge in [0, 0.05) is 21.7 Å². The molecule has 122 valence electrons. The molecule has 2 aromatic carbocycles. The van der Waals surface area contributed by atoms with Gasteiger partial charge in [0.05, 0.1) is 0 Å². The Bertz CT molecular complexity index is 1400. The molecule has 0 saturated carbocycles. The molecule has 0 aliphatic rings. The Kier molecular flexibility index (Phi) is 2.78. The van der Waals surface area contributed by atoms with Crippen LogP contribution in [0.1, 0.15) is 5.56 Å². The van der Waals surface area contributed by atoms with E-state index in [1.54, 1.807) is 0 Å². The summed E-state index contributed by atoms with van der Waals surface area (Å²) in [6.45, 7) is 2.04. The molecule has 0 unspecified atom stereocenters. The maximum Gasteiger partial charge on any atom is 0.330 e. The molecule has 5 aromatic rings. The standard InChI is InChI=1S/C18H12N4O2S/c1-9-6-7-13-12(8-9)14-10-4-2-3-5-11(10)16(23)22(15(14)19-13)17-20-21-18(25)24-17/h2-8,19H,1H3,(H,21,25). The molecule has 25 heavy (non-hydrogen) atoms. The molecule has 0 aliphatic heterocycles. The smallest absolute Gasteiger partial charge is 0.330 e. The van der Waals surface area contributed by atoms with Crippen LogP contribution in [0.25, 0.3) is 38.7 Å². The second-order valence-corrected chi connectivity index (χ2v) is 6.35. The van der Waals surface area contributed by atoms with Crippen molar-refractivity contribution < 1.29 is 4.42 Å². The van der Waals surface area contributed by atoms with Crippen molar-refractivity contribution in [2.24, 2.45) is 0 Å². The zero-order chi connectivity index (χ0) is 17.1. The van der Waals surface area contributed by atoms with Gasteiger partial charge in [0.25, 0.3) is 10.4 Å². The predicted octanol–water partition coefficient (Wildman–Crippen LogP) is 3.98. The van der Waals surface area contributed by atoms with Gasteiger partial charge in [-0.3, -0.25) is 4.79 Å². The van der Waals surface area contributed by atoms with Crippen LogP contribution in [0.2, 0.25) is 0 Å². The maximum atomic E-state index is 13.1. The Morgan fingerprint density at radius 3 is 2.68 bits per heavy atom. The fourth-order valence-corrected chi connectivity index (χ4v) is 3.46. The fraction of sp³-hybridized carbons (Fsp3) is 0.0556. The Balaban J connectivity index is 2.13. The van der Waals surface area contributed by atoms with Gasteiger partial charge < -0.3 is 9.40 Å². The number of aromatic nitrogens is 4. The number of hydrogen-bond donors (Lipinski definition) is 2. The molecule has 3 heterocycles. The van der Waals surface area contributed by atoms with E-state index in [-0.39, 0.29) is 16.4 Å². The van der Waals surface area contributed by atoms with Crippen molar-refractivity contribution in [3.63, 3.8) is 0 Å². The Morgan fingerprint density at radius 1 is 1.12 bits per heavy atom. The van der Waals surface area contributed by atoms with Gasteiger partial charge in [-0.05, 0) is 42.7 Å². The lowest BCUT2D eigenvalue weighted by Crippen LogP contribution is -2.19. The largest absolute Gasteiger partial charge is 0.395 e. The highest BCUT2D eigenvalue weighted by Crippen LogP contribution is 2.32. The summed E-state index contributed by atoms with van der Waals surface area (Å²) in [7, 11) is 0. The van der Waals surface area contributed by atoms with Gasteiger partial charge in [0.15, 0.2) is 0 Å². The van der Waals surface area contributed by atoms with E-state index in [9.17, 15) is 4.79 Å². The van der Waals surface area contributed by atoms with E-state index < -0.39 is 0 Å². The molecule has 7 heteroatoms. The number of benzene rings is 2. The molecule has 0 fully saturated rings. The van der Waals surface area contributed by atoms with Crippen LogP contribution in [0.5, 0.6) is 0 Å². The van der Waals surface area contributed by atoms with Crippen LogP contribution in [0.3, 0.4) is 0 Å². The Hall–Kier alpha value is -3.19. The molecule has 0 radical (unpaired) electrons. The first kappa shape index (κ1) is 14.2. The zero-order valence-electron chi connectivity index (χ0n) is 13.2. The van der Waals surface area contributed by atoms with Gasteiger partial charge in [-0.15, -0.1) is 5.10 Å². The van der Waals surface area contributed by atoms with E-state index >= 15 is 0 Å². The van der Waals surface area contributed by atoms with Gasteiger partial charge in [-0.1, -0.05) is 29.8 Å². The lowest BCUT2D eigenvalue weighted by molar-refractivity contribution is 0.511. The molecule has 0 bridgehead atoms. The van der Waals surface area contributed by atoms with Crippen molar-refractivity contribution in [3.05, 3.63) is 63.2 Å². The average molecular weight is 348 g/mol. The number of aromatic amines is 2. The predicted molar refractivity (Wildman–Crippen MR) is 98.9 cm³/mol. The minimum absolute atomic E-state index is 0.119. The van der Waals surface area contributed by atoms with Crippen LogP contribution in [-0.2, 0) is 0 Å². The second kappa shape index (κ2) is 4.90. The monoisotopic (exact) mass is 348 g/mol. The van der Waals surface area contributed by atoms with E-state index in [0.29, 0.717) is 11.0 Å². The Morgan fingerprint density at radius 2 is 1.92 bits per heavy atom. The maximum absolute atomic E-state index is 13.1. The van der Waals surface area contributed by atoms with Crippen molar-refractivity contribution in [2.75, 3.05) is 0 Å². The first-order chi connectivity index (χ1) is 12.1. The normalized spacial score (nSPS) is 11.7. The van der Waals surface area contributed by atoms with E-state index in [2.05, 4.69) is 21.2 Å². The van der Waals surface area contributed by atoms with Gasteiger partial charge >= 0.3 is 6.01 Å². The summed E-state index contributed by atoms with van der Waals surface area (Å²) in [5.41, 5.74) is 2.51. The molecule has 6 nitrogen and oxygen atoms in total. The number of H-pyrrole nitrogens is 2. The number of nitrogens with one attached hydrogen (secondary N) is 2. The summed E-state index contributed by atoms with van der Waals surface area (Å²) in [5.74, 6) is 0. The van der Waals surface area contributed by atoms with E-state index in [1.807, 2.05) is 43.3 Å². The minimum Gasteiger partial charge on any atom is -0.395 e. The molecule has 0 saturated heterocycles. The first-order valence-corrected chi connectivity index (χ1v) is 8.16. The molecule has 2 N–H and O–H groups in total. The molecule has 0 aliphatic carbocycles. The fourth-order valence-electron chi connectivity index (χ4n) is 3.34. The van der Waals surface area contributed by atoms with E-state index in [4.69, 9.17) is 16.6 Å². The second-order valence-electron chi connectivity index (χ2n) is 5.98. The highest BCUT2D eigenvalue weighted by molar-refractivity contribution is 7.71. The third-order valence-electron chi connectivity index (χ3n) is 4.41. The number of aryl methyl sites for hydroxylation is 1. The van der Waals surface area contributed by atoms with Crippen LogP contribution in [0, 0.1) is 11.8 Å². The molecule has 0 amide bonds. The number of pyridine rings is 1. The number of hydrogen-bond acceptors (Lipinski definition) is 4. The zero-order valence-corrected chi connectivity index (χ0v) is 14.0. The number of nitrogens with zero attached hydrogens (tertiary/aromatic N) is 2. The molecule has 0 atom stereocenters. The highest BCUT2D eigenvalue weighted by Gasteiger charge is 2.19. The van der Waals surface area contributed by atoms with Crippen LogP contribution in [0.15, 0.2) is 51.7 Å². The van der Waals surface area contributed by atoms with Crippen molar-refractivity contribution in [3.8, 4) is 6.01 Å². The number of rotatable bonds is 1. The lowest BCUT2D eigenvalue weighted by atomic mass is 10.1. The quantitative estimate of drug-likeness (QED) is 0.449. The summed E-state index contributed by atoms with van der Waals surface area (Å²) < 4.78 is 6.85. The van der Waals surface area contributed by atoms with Crippen molar-refractivity contribution in [1.82, 2.24) is 19.7 Å². The summed E-state index contributed by atoms with van der Waals surface area (Å²) >= 11 is 4.97. The minimum atomic E-state index is -0.211. The van der Waals surface area contributed by atoms with E-state index in [1.165, 1.54) is 4.57 Å². The van der Waals surface area contributed by atoms with Crippen LogP contribution < -0.4 is 5.56 Å². The van der Waals surface area contributed by atoms with Gasteiger partial charge in [-0.25, -0.2) is 9.67 Å². The average Bonchev–Trinajstić information content (AvgIpc) is 3.19. The molecular weight excluding hydrogens is 336 g/mol. The molecular formula is C18H12N4O2S. The first-order valence-electron chi connectivity index (χ1n) is 7.75. The molecule has 3 aromatic heterocycles. The Labute approximate surface area is 145 Å². The van der Waals surface area contributed by atoms with Crippen molar-refractivity contribution >= 4 is 44.9 Å². The third-order valence-corrected chi connectivity index (χ3v) is 4.58. The van der Waals surface area contributed by atoms with Gasteiger partial charge in [0.2, 0.25) is 0 Å². The summed E-state index contributed by atoms with van der Waals surface area (Å²) in [6, 6.07) is 13.8. The van der Waals surface area contributed by atoms with Crippen LogP contribution >= 0.6 is 12.2 Å². The third kappa shape index (κ3) is 1.93.